The second kappa shape index (κ2) is 10.8. The van der Waals surface area contributed by atoms with Gasteiger partial charge < -0.3 is 15.7 Å². The average Bonchev–Trinajstić information content (AvgIpc) is 3.07. The molecular weight excluding hydrogens is 471 g/mol. The van der Waals surface area contributed by atoms with Crippen molar-refractivity contribution in [3.63, 3.8) is 0 Å². The van der Waals surface area contributed by atoms with Crippen LogP contribution in [0.5, 0.6) is 0 Å². The highest BCUT2D eigenvalue weighted by Crippen LogP contribution is 2.25. The van der Waals surface area contributed by atoms with E-state index in [0.717, 1.165) is 10.9 Å². The van der Waals surface area contributed by atoms with Crippen molar-refractivity contribution in [3.05, 3.63) is 57.8 Å². The Bertz CT molecular complexity index is 688. The van der Waals surface area contributed by atoms with Crippen molar-refractivity contribution < 1.29 is 13.9 Å². The maximum atomic E-state index is 13.2. The zero-order valence-electron chi connectivity index (χ0n) is 14.8. The van der Waals surface area contributed by atoms with Crippen molar-refractivity contribution in [1.29, 1.82) is 0 Å². The van der Waals surface area contributed by atoms with Gasteiger partial charge in [-0.2, -0.15) is 0 Å². The van der Waals surface area contributed by atoms with Crippen LogP contribution in [0.2, 0.25) is 0 Å². The van der Waals surface area contributed by atoms with Gasteiger partial charge in [0.15, 0.2) is 5.96 Å². The molecule has 4 nitrogen and oxygen atoms in total. The van der Waals surface area contributed by atoms with Crippen LogP contribution in [0, 0.1) is 11.6 Å². The summed E-state index contributed by atoms with van der Waals surface area (Å²) in [5, 5.41) is 18.6. The summed E-state index contributed by atoms with van der Waals surface area (Å²) < 4.78 is 26.4. The van der Waals surface area contributed by atoms with Crippen LogP contribution in [0.15, 0.2) is 40.7 Å². The van der Waals surface area contributed by atoms with Crippen LogP contribution >= 0.6 is 35.3 Å². The molecule has 2 rings (SSSR count). The third kappa shape index (κ3) is 7.16. The van der Waals surface area contributed by atoms with E-state index in [2.05, 4.69) is 15.6 Å². The van der Waals surface area contributed by atoms with Gasteiger partial charge in [-0.05, 0) is 49.4 Å². The minimum absolute atomic E-state index is 0. The SMILES string of the molecule is CCNC(=NCC(C)(O)c1cccs1)NCCc1cc(F)cc(F)c1.I. The van der Waals surface area contributed by atoms with Crippen LogP contribution in [0.25, 0.3) is 0 Å². The molecule has 0 saturated heterocycles. The molecule has 0 amide bonds. The summed E-state index contributed by atoms with van der Waals surface area (Å²) in [4.78, 5) is 5.26. The summed E-state index contributed by atoms with van der Waals surface area (Å²) in [5.74, 6) is -0.610. The molecule has 0 aliphatic heterocycles. The maximum absolute atomic E-state index is 13.2. The Morgan fingerprint density at radius 1 is 1.23 bits per heavy atom. The van der Waals surface area contributed by atoms with E-state index < -0.39 is 17.2 Å². The standard InChI is InChI=1S/C18H23F2N3OS.HI/c1-3-21-17(23-12-18(2,24)16-5-4-8-25-16)22-7-6-13-9-14(19)11-15(20)10-13;/h4-5,8-11,24H,3,6-7,12H2,1-2H3,(H2,21,22,23);1H. The van der Waals surface area contributed by atoms with Gasteiger partial charge in [-0.25, -0.2) is 13.8 Å². The minimum atomic E-state index is -1.04. The first-order valence-electron chi connectivity index (χ1n) is 8.14. The monoisotopic (exact) mass is 495 g/mol. The van der Waals surface area contributed by atoms with E-state index in [1.54, 1.807) is 6.92 Å². The van der Waals surface area contributed by atoms with Gasteiger partial charge in [-0.3, -0.25) is 0 Å². The first-order valence-corrected chi connectivity index (χ1v) is 9.02. The Morgan fingerprint density at radius 3 is 2.50 bits per heavy atom. The van der Waals surface area contributed by atoms with E-state index in [-0.39, 0.29) is 30.5 Å². The van der Waals surface area contributed by atoms with Crippen LogP contribution in [0.4, 0.5) is 8.78 Å². The lowest BCUT2D eigenvalue weighted by Crippen LogP contribution is -2.39. The summed E-state index contributed by atoms with van der Waals surface area (Å²) in [6, 6.07) is 7.25. The van der Waals surface area contributed by atoms with Crippen LogP contribution < -0.4 is 10.6 Å². The second-order valence-electron chi connectivity index (χ2n) is 5.90. The normalized spacial score (nSPS) is 13.7. The second-order valence-corrected chi connectivity index (χ2v) is 6.85. The minimum Gasteiger partial charge on any atom is -0.383 e. The molecule has 0 bridgehead atoms. The van der Waals surface area contributed by atoms with Crippen molar-refractivity contribution in [2.24, 2.45) is 4.99 Å². The molecule has 1 unspecified atom stereocenters. The number of halogens is 3. The first-order chi connectivity index (χ1) is 11.9. The van der Waals surface area contributed by atoms with Gasteiger partial charge in [-0.1, -0.05) is 6.07 Å². The lowest BCUT2D eigenvalue weighted by Gasteiger charge is -2.20. The summed E-state index contributed by atoms with van der Waals surface area (Å²) in [5.41, 5.74) is -0.464. The van der Waals surface area contributed by atoms with E-state index >= 15 is 0 Å². The molecule has 1 aromatic heterocycles. The molecular formula is C18H24F2IN3OS. The smallest absolute Gasteiger partial charge is 0.191 e. The first kappa shape index (κ1) is 22.8. The van der Waals surface area contributed by atoms with Crippen LogP contribution in [-0.2, 0) is 12.0 Å². The molecule has 2 aromatic rings. The fourth-order valence-corrected chi connectivity index (χ4v) is 3.10. The molecule has 0 aliphatic carbocycles. The molecule has 0 aliphatic rings. The van der Waals surface area contributed by atoms with Crippen molar-refractivity contribution in [2.45, 2.75) is 25.9 Å². The number of hydrogen-bond donors (Lipinski definition) is 3. The molecule has 0 fully saturated rings. The topological polar surface area (TPSA) is 56.7 Å². The summed E-state index contributed by atoms with van der Waals surface area (Å²) >= 11 is 1.48. The number of thiophene rings is 1. The van der Waals surface area contributed by atoms with E-state index in [4.69, 9.17) is 0 Å². The number of benzene rings is 1. The Kier molecular flexibility index (Phi) is 9.45. The van der Waals surface area contributed by atoms with Crippen LogP contribution in [0.3, 0.4) is 0 Å². The van der Waals surface area contributed by atoms with Gasteiger partial charge in [0.05, 0.1) is 6.54 Å². The van der Waals surface area contributed by atoms with Crippen molar-refractivity contribution in [2.75, 3.05) is 19.6 Å². The molecule has 1 heterocycles. The van der Waals surface area contributed by atoms with Crippen molar-refractivity contribution in [3.8, 4) is 0 Å². The zero-order chi connectivity index (χ0) is 18.3. The third-order valence-electron chi connectivity index (χ3n) is 3.57. The molecule has 1 atom stereocenters. The fraction of sp³-hybridized carbons (Fsp3) is 0.389. The Balaban J connectivity index is 0.00000338. The highest BCUT2D eigenvalue weighted by molar-refractivity contribution is 14.0. The van der Waals surface area contributed by atoms with Gasteiger partial charge >= 0.3 is 0 Å². The van der Waals surface area contributed by atoms with Crippen LogP contribution in [0.1, 0.15) is 24.3 Å². The summed E-state index contributed by atoms with van der Waals surface area (Å²) in [6.07, 6.45) is 0.459. The predicted molar refractivity (Wildman–Crippen MR) is 113 cm³/mol. The lowest BCUT2D eigenvalue weighted by atomic mass is 10.1. The Morgan fingerprint density at radius 2 is 1.92 bits per heavy atom. The zero-order valence-corrected chi connectivity index (χ0v) is 17.9. The van der Waals surface area contributed by atoms with Gasteiger partial charge in [0.1, 0.15) is 17.2 Å². The van der Waals surface area contributed by atoms with Crippen molar-refractivity contribution in [1.82, 2.24) is 10.6 Å². The number of hydrogen-bond acceptors (Lipinski definition) is 3. The molecule has 0 saturated carbocycles. The number of aliphatic hydroxyl groups is 1. The molecule has 3 N–H and O–H groups in total. The fourth-order valence-electron chi connectivity index (χ4n) is 2.32. The van der Waals surface area contributed by atoms with Crippen LogP contribution in [-0.4, -0.2) is 30.7 Å². The number of nitrogens with one attached hydrogen (secondary N) is 2. The summed E-state index contributed by atoms with van der Waals surface area (Å²) in [6.45, 7) is 5.01. The van der Waals surface area contributed by atoms with E-state index in [9.17, 15) is 13.9 Å². The van der Waals surface area contributed by atoms with Gasteiger partial charge in [0.25, 0.3) is 0 Å². The number of aliphatic imine (C=N–C) groups is 1. The highest BCUT2D eigenvalue weighted by atomic mass is 127. The van der Waals surface area contributed by atoms with Gasteiger partial charge in [0.2, 0.25) is 0 Å². The maximum Gasteiger partial charge on any atom is 0.191 e. The van der Waals surface area contributed by atoms with E-state index in [1.165, 1.54) is 23.5 Å². The number of guanidine groups is 1. The molecule has 0 spiro atoms. The quantitative estimate of drug-likeness (QED) is 0.313. The molecule has 1 aromatic carbocycles. The Hall–Kier alpha value is -1.26. The van der Waals surface area contributed by atoms with Gasteiger partial charge in [-0.15, -0.1) is 35.3 Å². The molecule has 144 valence electrons. The highest BCUT2D eigenvalue weighted by Gasteiger charge is 2.23. The molecule has 8 heteroatoms. The largest absolute Gasteiger partial charge is 0.383 e. The third-order valence-corrected chi connectivity index (χ3v) is 4.69. The van der Waals surface area contributed by atoms with Gasteiger partial charge in [0, 0.05) is 24.0 Å². The number of rotatable bonds is 7. The number of nitrogens with zero attached hydrogens (tertiary/aromatic N) is 1. The predicted octanol–water partition coefficient (Wildman–Crippen LogP) is 3.65. The Labute approximate surface area is 173 Å². The average molecular weight is 495 g/mol. The van der Waals surface area contributed by atoms with E-state index in [0.29, 0.717) is 31.0 Å². The molecule has 0 radical (unpaired) electrons. The lowest BCUT2D eigenvalue weighted by molar-refractivity contribution is 0.0711. The summed E-state index contributed by atoms with van der Waals surface area (Å²) in [7, 11) is 0. The van der Waals surface area contributed by atoms with E-state index in [1.807, 2.05) is 24.4 Å². The molecule has 26 heavy (non-hydrogen) atoms. The van der Waals surface area contributed by atoms with Crippen molar-refractivity contribution >= 4 is 41.3 Å².